The lowest BCUT2D eigenvalue weighted by Crippen LogP contribution is -2.13. The lowest BCUT2D eigenvalue weighted by Gasteiger charge is -2.07. The Hall–Kier alpha value is -1.20. The highest BCUT2D eigenvalue weighted by Crippen LogP contribution is 2.14. The number of aromatic nitrogens is 1. The number of thiazole rings is 1. The third kappa shape index (κ3) is 3.81. The van der Waals surface area contributed by atoms with E-state index in [0.717, 1.165) is 10.7 Å². The highest BCUT2D eigenvalue weighted by molar-refractivity contribution is 7.09. The fraction of sp³-hybridized carbons (Fsp3) is 0.400. The first-order valence-electron chi connectivity index (χ1n) is 4.49. The normalized spacial score (nSPS) is 13.9. The van der Waals surface area contributed by atoms with Gasteiger partial charge in [0.25, 0.3) is 0 Å². The van der Waals surface area contributed by atoms with Crippen molar-refractivity contribution in [2.45, 2.75) is 26.4 Å². The van der Waals surface area contributed by atoms with Crippen LogP contribution in [0.1, 0.15) is 24.0 Å². The Morgan fingerprint density at radius 1 is 1.73 bits per heavy atom. The van der Waals surface area contributed by atoms with Crippen molar-refractivity contribution in [2.24, 2.45) is 0 Å². The zero-order valence-electron chi connectivity index (χ0n) is 8.60. The third-order valence-electron chi connectivity index (χ3n) is 1.91. The number of aliphatic hydroxyl groups is 1. The largest absolute Gasteiger partial charge is 0.481 e. The van der Waals surface area contributed by atoms with E-state index in [1.807, 2.05) is 12.3 Å². The van der Waals surface area contributed by atoms with Gasteiger partial charge in [0.15, 0.2) is 0 Å². The van der Waals surface area contributed by atoms with E-state index in [0.29, 0.717) is 5.57 Å². The van der Waals surface area contributed by atoms with Crippen LogP contribution in [-0.2, 0) is 4.79 Å². The second-order valence-corrected chi connectivity index (χ2v) is 4.36. The molecule has 15 heavy (non-hydrogen) atoms. The summed E-state index contributed by atoms with van der Waals surface area (Å²) < 4.78 is 0. The number of carbonyl (C=O) groups is 1. The molecule has 5 heteroatoms. The number of aliphatic hydroxyl groups excluding tert-OH is 1. The van der Waals surface area contributed by atoms with Gasteiger partial charge < -0.3 is 10.2 Å². The first kappa shape index (κ1) is 11.9. The first-order chi connectivity index (χ1) is 6.99. The van der Waals surface area contributed by atoms with Gasteiger partial charge >= 0.3 is 5.97 Å². The molecule has 1 aromatic heterocycles. The molecule has 0 amide bonds. The average Bonchev–Trinajstić information content (AvgIpc) is 2.50. The molecule has 4 nitrogen and oxygen atoms in total. The summed E-state index contributed by atoms with van der Waals surface area (Å²) in [6.45, 7) is 3.59. The molecule has 0 aliphatic carbocycles. The zero-order valence-corrected chi connectivity index (χ0v) is 9.41. The van der Waals surface area contributed by atoms with Crippen molar-refractivity contribution < 1.29 is 15.0 Å². The molecule has 0 aliphatic rings. The van der Waals surface area contributed by atoms with Crippen molar-refractivity contribution in [3.8, 4) is 0 Å². The Bertz CT molecular complexity index is 384. The molecule has 1 rings (SSSR count). The Morgan fingerprint density at radius 3 is 2.87 bits per heavy atom. The van der Waals surface area contributed by atoms with Crippen LogP contribution < -0.4 is 0 Å². The van der Waals surface area contributed by atoms with Crippen molar-refractivity contribution >= 4 is 23.4 Å². The van der Waals surface area contributed by atoms with E-state index in [2.05, 4.69) is 4.98 Å². The van der Waals surface area contributed by atoms with Crippen molar-refractivity contribution in [3.05, 3.63) is 21.7 Å². The number of aryl methyl sites for hydroxylation is 1. The molecule has 0 spiro atoms. The topological polar surface area (TPSA) is 70.4 Å². The van der Waals surface area contributed by atoms with Gasteiger partial charge in [-0.2, -0.15) is 0 Å². The summed E-state index contributed by atoms with van der Waals surface area (Å²) in [7, 11) is 0. The van der Waals surface area contributed by atoms with E-state index in [9.17, 15) is 9.90 Å². The summed E-state index contributed by atoms with van der Waals surface area (Å²) in [4.78, 5) is 14.6. The number of carboxylic acid groups (broad SMARTS) is 1. The second-order valence-electron chi connectivity index (χ2n) is 3.29. The number of hydrogen-bond acceptors (Lipinski definition) is 4. The summed E-state index contributed by atoms with van der Waals surface area (Å²) in [5.41, 5.74) is 1.38. The van der Waals surface area contributed by atoms with E-state index in [4.69, 9.17) is 5.11 Å². The molecule has 1 aromatic rings. The third-order valence-corrected chi connectivity index (χ3v) is 2.70. The molecule has 0 fully saturated rings. The van der Waals surface area contributed by atoms with E-state index in [-0.39, 0.29) is 6.42 Å². The molecule has 0 saturated heterocycles. The highest BCUT2D eigenvalue weighted by Gasteiger charge is 2.11. The summed E-state index contributed by atoms with van der Waals surface area (Å²) in [5.74, 6) is -1.01. The molecule has 2 N–H and O–H groups in total. The zero-order chi connectivity index (χ0) is 11.4. The van der Waals surface area contributed by atoms with Crippen molar-refractivity contribution in [1.29, 1.82) is 0 Å². The standard InChI is InChI=1S/C10H13NO3S/c1-6(9(12)4-10(13)14)3-8-5-15-7(2)11-8/h3,5,9,12H,4H2,1-2H3,(H,13,14)/t9-/m0/s1. The minimum absolute atomic E-state index is 0.272. The Kier molecular flexibility index (Phi) is 3.99. The predicted octanol–water partition coefficient (Wildman–Crippen LogP) is 1.69. The van der Waals surface area contributed by atoms with Gasteiger partial charge in [0, 0.05) is 5.38 Å². The average molecular weight is 227 g/mol. The maximum atomic E-state index is 10.4. The molecular formula is C10H13NO3S. The molecule has 0 aliphatic heterocycles. The Labute approximate surface area is 91.9 Å². The van der Waals surface area contributed by atoms with Crippen molar-refractivity contribution in [3.63, 3.8) is 0 Å². The maximum absolute atomic E-state index is 10.4. The molecular weight excluding hydrogens is 214 g/mol. The van der Waals surface area contributed by atoms with Crippen LogP contribution in [0.3, 0.4) is 0 Å². The molecule has 0 aromatic carbocycles. The van der Waals surface area contributed by atoms with Crippen LogP contribution in [-0.4, -0.2) is 27.3 Å². The molecule has 1 heterocycles. The minimum atomic E-state index is -1.01. The summed E-state index contributed by atoms with van der Waals surface area (Å²) >= 11 is 1.52. The van der Waals surface area contributed by atoms with Gasteiger partial charge in [0.1, 0.15) is 0 Å². The van der Waals surface area contributed by atoms with Gasteiger partial charge in [-0.25, -0.2) is 4.98 Å². The smallest absolute Gasteiger partial charge is 0.306 e. The van der Waals surface area contributed by atoms with E-state index in [1.165, 1.54) is 11.3 Å². The number of nitrogens with zero attached hydrogens (tertiary/aromatic N) is 1. The number of carboxylic acids is 1. The van der Waals surface area contributed by atoms with E-state index in [1.54, 1.807) is 13.0 Å². The number of aliphatic carboxylic acids is 1. The number of rotatable bonds is 4. The molecule has 0 saturated carbocycles. The van der Waals surface area contributed by atoms with Gasteiger partial charge in [-0.3, -0.25) is 4.79 Å². The van der Waals surface area contributed by atoms with Crippen LogP contribution in [0.4, 0.5) is 0 Å². The lowest BCUT2D eigenvalue weighted by molar-refractivity contribution is -0.138. The monoisotopic (exact) mass is 227 g/mol. The van der Waals surface area contributed by atoms with E-state index >= 15 is 0 Å². The van der Waals surface area contributed by atoms with Gasteiger partial charge in [0.05, 0.1) is 23.2 Å². The van der Waals surface area contributed by atoms with Crippen LogP contribution in [0.25, 0.3) is 6.08 Å². The van der Waals surface area contributed by atoms with Crippen molar-refractivity contribution in [1.82, 2.24) is 4.98 Å². The summed E-state index contributed by atoms with van der Waals surface area (Å²) in [6.07, 6.45) is 0.493. The molecule has 0 unspecified atom stereocenters. The van der Waals surface area contributed by atoms with Gasteiger partial charge in [-0.15, -0.1) is 11.3 Å². The lowest BCUT2D eigenvalue weighted by atomic mass is 10.1. The minimum Gasteiger partial charge on any atom is -0.481 e. The SMILES string of the molecule is CC(=Cc1csc(C)n1)[C@@H](O)CC(=O)O. The van der Waals surface area contributed by atoms with Crippen LogP contribution in [0, 0.1) is 6.92 Å². The van der Waals surface area contributed by atoms with Crippen LogP contribution in [0.15, 0.2) is 11.0 Å². The Balaban J connectivity index is 2.70. The second kappa shape index (κ2) is 5.04. The molecule has 82 valence electrons. The van der Waals surface area contributed by atoms with Gasteiger partial charge in [-0.1, -0.05) is 0 Å². The van der Waals surface area contributed by atoms with E-state index < -0.39 is 12.1 Å². The predicted molar refractivity (Wildman–Crippen MR) is 58.8 cm³/mol. The molecule has 0 bridgehead atoms. The van der Waals surface area contributed by atoms with Gasteiger partial charge in [-0.05, 0) is 25.5 Å². The summed E-state index contributed by atoms with van der Waals surface area (Å²) in [6, 6.07) is 0. The van der Waals surface area contributed by atoms with Crippen molar-refractivity contribution in [2.75, 3.05) is 0 Å². The van der Waals surface area contributed by atoms with Crippen LogP contribution in [0.2, 0.25) is 0 Å². The van der Waals surface area contributed by atoms with Crippen LogP contribution in [0.5, 0.6) is 0 Å². The Morgan fingerprint density at radius 2 is 2.40 bits per heavy atom. The summed E-state index contributed by atoms with van der Waals surface area (Å²) in [5, 5.41) is 20.8. The highest BCUT2D eigenvalue weighted by atomic mass is 32.1. The fourth-order valence-electron chi connectivity index (χ4n) is 1.10. The quantitative estimate of drug-likeness (QED) is 0.821. The fourth-order valence-corrected chi connectivity index (χ4v) is 1.67. The molecule has 1 atom stereocenters. The van der Waals surface area contributed by atoms with Crippen LogP contribution >= 0.6 is 11.3 Å². The molecule has 0 radical (unpaired) electrons. The maximum Gasteiger partial charge on any atom is 0.306 e. The van der Waals surface area contributed by atoms with Gasteiger partial charge in [0.2, 0.25) is 0 Å². The number of hydrogen-bond donors (Lipinski definition) is 2. The first-order valence-corrected chi connectivity index (χ1v) is 5.37.